The van der Waals surface area contributed by atoms with Gasteiger partial charge in [0, 0.05) is 0 Å². The van der Waals surface area contributed by atoms with Crippen molar-refractivity contribution in [2.45, 2.75) is 0 Å². The Balaban J connectivity index is 0. The molecule has 35 heavy (non-hydrogen) atoms. The van der Waals surface area contributed by atoms with Gasteiger partial charge >= 0.3 is 1130 Å². The van der Waals surface area contributed by atoms with Crippen molar-refractivity contribution in [3.63, 3.8) is 0 Å². The van der Waals surface area contributed by atoms with Crippen molar-refractivity contribution in [2.75, 3.05) is 0 Å². The minimum absolute atomic E-state index is 0. The summed E-state index contributed by atoms with van der Waals surface area (Å²) in [5.74, 6) is 0. The average Bonchev–Trinajstić information content (AvgIpc) is 0. The molecule has 0 saturated carbocycles. The van der Waals surface area contributed by atoms with Crippen LogP contribution in [0.4, 0.5) is 0 Å². The first-order valence-electron chi connectivity index (χ1n) is 0. The fraction of sp³-hybridized carbons (Fsp3) is 0. The molecule has 0 aromatic carbocycles. The predicted molar refractivity (Wildman–Crippen MR) is 209 cm³/mol. The normalized spacial score (nSPS) is 0. The zero-order valence-electron chi connectivity index (χ0n) is 23.3. The van der Waals surface area contributed by atoms with E-state index in [-0.39, 0.29) is 1190 Å². The molecule has 0 saturated heterocycles. The number of hydrogen-bond acceptors (Lipinski definition) is 0. The van der Waals surface area contributed by atoms with E-state index in [0.717, 1.165) is 0 Å². The summed E-state index contributed by atoms with van der Waals surface area (Å²) in [6, 6.07) is 0. The van der Waals surface area contributed by atoms with Crippen LogP contribution in [0.5, 0.6) is 0 Å². The molecule has 35 heteroatoms. The quantitative estimate of drug-likeness (QED) is 0.212. The summed E-state index contributed by atoms with van der Waals surface area (Å²) in [6.07, 6.45) is 0. The Morgan fingerprint density at radius 1 is 0.0571 bits per heavy atom. The predicted octanol–water partition coefficient (Wildman–Crippen LogP) is -9.31. The van der Waals surface area contributed by atoms with Crippen LogP contribution in [0.1, 0.15) is 0 Å². The summed E-state index contributed by atoms with van der Waals surface area (Å²) < 4.78 is 0. The standard InChI is InChI=1S/30Ca.5ClH/h;;;;;;;;;;;;;;;;;;;;;;;;;;;;;;5*1H/q30*+2;;;;;. The second-order valence-electron chi connectivity index (χ2n) is 0. The van der Waals surface area contributed by atoms with Gasteiger partial charge in [-0.1, -0.05) is 0 Å². The number of halogens is 5. The molecule has 40 valence electrons. The Kier molecular flexibility index (Phi) is 1830. The summed E-state index contributed by atoms with van der Waals surface area (Å²) in [5.41, 5.74) is 0. The molecule has 0 aliphatic carbocycles. The summed E-state index contributed by atoms with van der Waals surface area (Å²) in [5, 5.41) is 0. The molecule has 0 radical (unpaired) electrons. The minimum Gasteiger partial charge on any atom is -0.147 e. The Hall–Kier alpha value is 39.2. The molecule has 0 aliphatic rings. The van der Waals surface area contributed by atoms with Crippen LogP contribution in [-0.4, -0.2) is 1130 Å². The Morgan fingerprint density at radius 3 is 0.0571 bits per heavy atom. The van der Waals surface area contributed by atoms with Crippen molar-refractivity contribution in [1.29, 1.82) is 0 Å². The molecule has 0 fully saturated rings. The third kappa shape index (κ3) is 241. The monoisotopic (exact) mass is 1380 g/mol. The van der Waals surface area contributed by atoms with Crippen LogP contribution in [0.3, 0.4) is 0 Å². The summed E-state index contributed by atoms with van der Waals surface area (Å²) in [7, 11) is 0. The molecule has 0 aliphatic heterocycles. The molecule has 0 spiro atoms. The largest absolute Gasteiger partial charge is 2.00 e. The maximum absolute atomic E-state index is 0. The van der Waals surface area contributed by atoms with Crippen molar-refractivity contribution in [3.05, 3.63) is 0 Å². The molecule has 0 heterocycles. The topological polar surface area (TPSA) is 0 Å². The molecule has 0 rings (SSSR count). The van der Waals surface area contributed by atoms with Crippen molar-refractivity contribution >= 4 is 1190 Å². The first-order valence-corrected chi connectivity index (χ1v) is 0. The SMILES string of the molecule is Cl.Cl.Cl.Cl.Cl.[Ca+2].[Ca+2].[Ca+2].[Ca+2].[Ca+2].[Ca+2].[Ca+2].[Ca+2].[Ca+2].[Ca+2].[Ca+2].[Ca+2].[Ca+2].[Ca+2].[Ca+2].[Ca+2].[Ca+2].[Ca+2].[Ca+2].[Ca+2].[Ca+2].[Ca+2].[Ca+2].[Ca+2].[Ca+2].[Ca+2].[Ca+2].[Ca+2].[Ca+2].[Ca+2]. The van der Waals surface area contributed by atoms with E-state index in [1.807, 2.05) is 0 Å². The average molecular weight is 1380 g/mol. The van der Waals surface area contributed by atoms with E-state index in [1.165, 1.54) is 0 Å². The van der Waals surface area contributed by atoms with E-state index >= 15 is 0 Å². The van der Waals surface area contributed by atoms with Crippen molar-refractivity contribution in [1.82, 2.24) is 0 Å². The van der Waals surface area contributed by atoms with Crippen LogP contribution >= 0.6 is 62.0 Å². The van der Waals surface area contributed by atoms with Crippen molar-refractivity contribution in [2.24, 2.45) is 0 Å². The molecule has 0 aromatic heterocycles. The van der Waals surface area contributed by atoms with Crippen LogP contribution in [-0.2, 0) is 0 Å². The van der Waals surface area contributed by atoms with Gasteiger partial charge in [0.05, 0.1) is 0 Å². The molecular formula is H5Ca30Cl5+60. The number of hydrogen-bond donors (Lipinski definition) is 0. The van der Waals surface area contributed by atoms with Gasteiger partial charge in [0.15, 0.2) is 0 Å². The van der Waals surface area contributed by atoms with Gasteiger partial charge in [-0.15, -0.1) is 62.0 Å². The van der Waals surface area contributed by atoms with Crippen molar-refractivity contribution in [3.8, 4) is 0 Å². The van der Waals surface area contributed by atoms with Gasteiger partial charge in [-0.3, -0.25) is 0 Å². The molecule has 0 atom stereocenters. The van der Waals surface area contributed by atoms with Gasteiger partial charge in [-0.2, -0.15) is 0 Å². The van der Waals surface area contributed by atoms with Gasteiger partial charge in [0.1, 0.15) is 0 Å². The van der Waals surface area contributed by atoms with Crippen LogP contribution < -0.4 is 0 Å². The third-order valence-electron chi connectivity index (χ3n) is 0. The first kappa shape index (κ1) is 259. The Morgan fingerprint density at radius 2 is 0.0571 bits per heavy atom. The van der Waals surface area contributed by atoms with Gasteiger partial charge < -0.3 is 0 Å². The summed E-state index contributed by atoms with van der Waals surface area (Å²) in [6.45, 7) is 0. The van der Waals surface area contributed by atoms with Gasteiger partial charge in [-0.05, 0) is 0 Å². The third-order valence-corrected chi connectivity index (χ3v) is 0. The number of rotatable bonds is 0. The second kappa shape index (κ2) is 248. The zero-order chi connectivity index (χ0) is 0. The van der Waals surface area contributed by atoms with Crippen LogP contribution in [0.15, 0.2) is 0 Å². The summed E-state index contributed by atoms with van der Waals surface area (Å²) >= 11 is 0. The molecule has 0 N–H and O–H groups in total. The smallest absolute Gasteiger partial charge is 0.147 e. The van der Waals surface area contributed by atoms with E-state index < -0.39 is 0 Å². The molecule has 0 nitrogen and oxygen atoms in total. The van der Waals surface area contributed by atoms with E-state index in [1.54, 1.807) is 0 Å². The fourth-order valence-electron chi connectivity index (χ4n) is 0. The maximum atomic E-state index is 0. The van der Waals surface area contributed by atoms with Gasteiger partial charge in [0.2, 0.25) is 0 Å². The van der Waals surface area contributed by atoms with E-state index in [4.69, 9.17) is 0 Å². The van der Waals surface area contributed by atoms with Crippen molar-refractivity contribution < 1.29 is 0 Å². The molecule has 0 bridgehead atoms. The molecular weight excluding hydrogens is 1380 g/mol. The van der Waals surface area contributed by atoms with Crippen LogP contribution in [0.25, 0.3) is 0 Å². The van der Waals surface area contributed by atoms with E-state index in [0.29, 0.717) is 0 Å². The molecule has 0 amide bonds. The molecule has 0 unspecified atom stereocenters. The van der Waals surface area contributed by atoms with Gasteiger partial charge in [0.25, 0.3) is 0 Å². The fourth-order valence-corrected chi connectivity index (χ4v) is 0. The second-order valence-corrected chi connectivity index (χ2v) is 0. The van der Waals surface area contributed by atoms with Crippen LogP contribution in [0, 0.1) is 0 Å². The van der Waals surface area contributed by atoms with Crippen LogP contribution in [0.2, 0.25) is 0 Å². The Bertz CT molecular complexity index is 20.7. The minimum atomic E-state index is 0. The van der Waals surface area contributed by atoms with E-state index in [9.17, 15) is 0 Å². The summed E-state index contributed by atoms with van der Waals surface area (Å²) in [4.78, 5) is 0. The van der Waals surface area contributed by atoms with Gasteiger partial charge in [-0.25, -0.2) is 0 Å². The Labute approximate surface area is 1150 Å². The molecule has 0 aromatic rings. The zero-order valence-corrected chi connectivity index (χ0v) is 93.6. The van der Waals surface area contributed by atoms with E-state index in [2.05, 4.69) is 0 Å². The maximum Gasteiger partial charge on any atom is 2.00 e. The first-order chi connectivity index (χ1) is 0.